The molecule has 0 bridgehead atoms. The molecule has 1 fully saturated rings. The van der Waals surface area contributed by atoms with Crippen molar-refractivity contribution in [3.05, 3.63) is 24.3 Å². The standard InChI is InChI=1S/C12H16O8S/c13-5-8-9(15)10(16)11(17)12(20-8)21(18,19)7-3-1-6(14)2-4-7/h1-4,8-17H,5H2/t8-,9-,10+,11-,12+/m1/s1. The molecule has 1 aliphatic heterocycles. The molecule has 1 aromatic carbocycles. The third kappa shape index (κ3) is 2.89. The van der Waals surface area contributed by atoms with Gasteiger partial charge in [0.25, 0.3) is 0 Å². The maximum Gasteiger partial charge on any atom is 0.207 e. The van der Waals surface area contributed by atoms with Gasteiger partial charge >= 0.3 is 0 Å². The lowest BCUT2D eigenvalue weighted by atomic mass is 10.0. The first-order chi connectivity index (χ1) is 9.78. The van der Waals surface area contributed by atoms with E-state index in [1.54, 1.807) is 0 Å². The van der Waals surface area contributed by atoms with Crippen molar-refractivity contribution in [1.82, 2.24) is 0 Å². The lowest BCUT2D eigenvalue weighted by Crippen LogP contribution is -2.60. The molecule has 1 heterocycles. The first-order valence-corrected chi connectivity index (χ1v) is 7.67. The number of sulfone groups is 1. The first kappa shape index (κ1) is 16.1. The van der Waals surface area contributed by atoms with Crippen molar-refractivity contribution in [1.29, 1.82) is 0 Å². The highest BCUT2D eigenvalue weighted by Gasteiger charge is 2.49. The maximum atomic E-state index is 12.4. The van der Waals surface area contributed by atoms with Crippen LogP contribution in [0, 0.1) is 0 Å². The smallest absolute Gasteiger partial charge is 0.207 e. The number of phenolic OH excluding ortho intramolecular Hbond substituents is 1. The molecule has 0 aromatic heterocycles. The number of phenols is 1. The quantitative estimate of drug-likeness (QED) is 0.429. The topological polar surface area (TPSA) is 145 Å². The average Bonchev–Trinajstić information content (AvgIpc) is 2.45. The molecule has 0 radical (unpaired) electrons. The molecule has 21 heavy (non-hydrogen) atoms. The number of rotatable bonds is 3. The van der Waals surface area contributed by atoms with Crippen LogP contribution in [0.2, 0.25) is 0 Å². The van der Waals surface area contributed by atoms with E-state index in [4.69, 9.17) is 14.9 Å². The summed E-state index contributed by atoms with van der Waals surface area (Å²) in [7, 11) is -4.19. The molecule has 9 heteroatoms. The molecule has 0 aliphatic carbocycles. The molecule has 8 nitrogen and oxygen atoms in total. The van der Waals surface area contributed by atoms with Gasteiger partial charge in [0.2, 0.25) is 9.84 Å². The van der Waals surface area contributed by atoms with Crippen molar-refractivity contribution in [2.24, 2.45) is 0 Å². The highest BCUT2D eigenvalue weighted by atomic mass is 32.2. The van der Waals surface area contributed by atoms with Crippen LogP contribution in [-0.4, -0.2) is 70.4 Å². The molecular formula is C12H16O8S. The molecule has 1 aliphatic rings. The van der Waals surface area contributed by atoms with E-state index in [9.17, 15) is 23.7 Å². The van der Waals surface area contributed by atoms with Crippen molar-refractivity contribution in [2.45, 2.75) is 34.7 Å². The van der Waals surface area contributed by atoms with Gasteiger partial charge in [-0.1, -0.05) is 0 Å². The second-order valence-electron chi connectivity index (χ2n) is 4.74. The van der Waals surface area contributed by atoms with E-state index in [0.29, 0.717) is 0 Å². The highest BCUT2D eigenvalue weighted by molar-refractivity contribution is 7.92. The molecule has 5 atom stereocenters. The average molecular weight is 320 g/mol. The van der Waals surface area contributed by atoms with Crippen molar-refractivity contribution < 1.29 is 38.7 Å². The zero-order valence-corrected chi connectivity index (χ0v) is 11.6. The molecule has 1 saturated heterocycles. The second kappa shape index (κ2) is 5.87. The van der Waals surface area contributed by atoms with Crippen LogP contribution in [-0.2, 0) is 14.6 Å². The van der Waals surface area contributed by atoms with E-state index >= 15 is 0 Å². The Morgan fingerprint density at radius 1 is 1.00 bits per heavy atom. The minimum Gasteiger partial charge on any atom is -0.508 e. The number of aromatic hydroxyl groups is 1. The molecule has 0 spiro atoms. The summed E-state index contributed by atoms with van der Waals surface area (Å²) in [6.45, 7) is -0.716. The lowest BCUT2D eigenvalue weighted by Gasteiger charge is -2.39. The minimum absolute atomic E-state index is 0.136. The summed E-state index contributed by atoms with van der Waals surface area (Å²) in [6, 6.07) is 4.53. The monoisotopic (exact) mass is 320 g/mol. The van der Waals surface area contributed by atoms with E-state index in [-0.39, 0.29) is 10.6 Å². The summed E-state index contributed by atoms with van der Waals surface area (Å²) >= 11 is 0. The van der Waals surface area contributed by atoms with Crippen molar-refractivity contribution >= 4 is 9.84 Å². The van der Waals surface area contributed by atoms with Crippen molar-refractivity contribution in [3.8, 4) is 5.75 Å². The maximum absolute atomic E-state index is 12.4. The van der Waals surface area contributed by atoms with Crippen LogP contribution in [0.1, 0.15) is 0 Å². The summed E-state index contributed by atoms with van der Waals surface area (Å²) in [6.07, 6.45) is -6.58. The predicted molar refractivity (Wildman–Crippen MR) is 69.1 cm³/mol. The fourth-order valence-electron chi connectivity index (χ4n) is 2.09. The van der Waals surface area contributed by atoms with Crippen LogP contribution in [0.3, 0.4) is 0 Å². The molecule has 0 saturated carbocycles. The molecule has 118 valence electrons. The van der Waals surface area contributed by atoms with E-state index < -0.39 is 46.3 Å². The van der Waals surface area contributed by atoms with Gasteiger partial charge in [0.1, 0.15) is 30.2 Å². The number of hydrogen-bond acceptors (Lipinski definition) is 8. The summed E-state index contributed by atoms with van der Waals surface area (Å²) in [5, 5.41) is 47.3. The van der Waals surface area contributed by atoms with Gasteiger partial charge in [0.15, 0.2) is 5.44 Å². The van der Waals surface area contributed by atoms with Crippen LogP contribution in [0.4, 0.5) is 0 Å². The van der Waals surface area contributed by atoms with Crippen LogP contribution in [0.15, 0.2) is 29.2 Å². The first-order valence-electron chi connectivity index (χ1n) is 6.12. The van der Waals surface area contributed by atoms with Gasteiger partial charge in [0, 0.05) is 0 Å². The van der Waals surface area contributed by atoms with Gasteiger partial charge in [-0.2, -0.15) is 0 Å². The van der Waals surface area contributed by atoms with Gasteiger partial charge in [-0.3, -0.25) is 0 Å². The van der Waals surface area contributed by atoms with Gasteiger partial charge in [0.05, 0.1) is 11.5 Å². The zero-order chi connectivity index (χ0) is 15.8. The van der Waals surface area contributed by atoms with E-state index in [1.165, 1.54) is 0 Å². The Bertz CT molecular complexity index is 582. The third-order valence-corrected chi connectivity index (χ3v) is 5.25. The predicted octanol–water partition coefficient (Wildman–Crippen LogP) is -2.03. The fraction of sp³-hybridized carbons (Fsp3) is 0.500. The molecule has 0 unspecified atom stereocenters. The Morgan fingerprint density at radius 3 is 2.10 bits per heavy atom. The van der Waals surface area contributed by atoms with Crippen LogP contribution in [0.5, 0.6) is 5.75 Å². The Balaban J connectivity index is 2.36. The molecule has 0 amide bonds. The third-order valence-electron chi connectivity index (χ3n) is 3.32. The van der Waals surface area contributed by atoms with Gasteiger partial charge in [-0.15, -0.1) is 0 Å². The molecule has 5 N–H and O–H groups in total. The largest absolute Gasteiger partial charge is 0.508 e. The number of aliphatic hydroxyl groups excluding tert-OH is 4. The Hall–Kier alpha value is -1.23. The minimum atomic E-state index is -4.19. The van der Waals surface area contributed by atoms with Gasteiger partial charge < -0.3 is 30.3 Å². The summed E-state index contributed by atoms with van der Waals surface area (Å²) < 4.78 is 29.8. The zero-order valence-electron chi connectivity index (χ0n) is 10.8. The van der Waals surface area contributed by atoms with Crippen LogP contribution in [0.25, 0.3) is 0 Å². The number of ether oxygens (including phenoxy) is 1. The Labute approximate surface area is 120 Å². The second-order valence-corrected chi connectivity index (χ2v) is 6.76. The molecule has 1 aromatic rings. The summed E-state index contributed by atoms with van der Waals surface area (Å²) in [4.78, 5) is -0.232. The number of hydrogen-bond donors (Lipinski definition) is 5. The normalized spacial score (nSPS) is 33.8. The number of benzene rings is 1. The van der Waals surface area contributed by atoms with Crippen molar-refractivity contribution in [2.75, 3.05) is 6.61 Å². The fourth-order valence-corrected chi connectivity index (χ4v) is 3.69. The van der Waals surface area contributed by atoms with Gasteiger partial charge in [-0.05, 0) is 24.3 Å². The van der Waals surface area contributed by atoms with Crippen molar-refractivity contribution in [3.63, 3.8) is 0 Å². The summed E-state index contributed by atoms with van der Waals surface area (Å²) in [5.74, 6) is -0.136. The van der Waals surface area contributed by atoms with E-state index in [2.05, 4.69) is 0 Å². The van der Waals surface area contributed by atoms with E-state index in [1.807, 2.05) is 0 Å². The molecule has 2 rings (SSSR count). The summed E-state index contributed by atoms with van der Waals surface area (Å²) in [5.41, 5.74) is -1.84. The van der Waals surface area contributed by atoms with Crippen LogP contribution < -0.4 is 0 Å². The van der Waals surface area contributed by atoms with Crippen LogP contribution >= 0.6 is 0 Å². The highest BCUT2D eigenvalue weighted by Crippen LogP contribution is 2.29. The Morgan fingerprint density at radius 2 is 1.57 bits per heavy atom. The Kier molecular flexibility index (Phi) is 4.51. The lowest BCUT2D eigenvalue weighted by molar-refractivity contribution is -0.207. The van der Waals surface area contributed by atoms with Gasteiger partial charge in [-0.25, -0.2) is 8.42 Å². The number of aliphatic hydroxyl groups is 4. The molecular weight excluding hydrogens is 304 g/mol. The SMILES string of the molecule is O=S(=O)(c1ccc(O)cc1)[C@@H]1O[C@H](CO)[C@@H](O)[C@H](O)[C@H]1O. The van der Waals surface area contributed by atoms with E-state index in [0.717, 1.165) is 24.3 Å².